The van der Waals surface area contributed by atoms with Crippen LogP contribution in [-0.2, 0) is 0 Å². The van der Waals surface area contributed by atoms with Gasteiger partial charge >= 0.3 is 0 Å². The monoisotopic (exact) mass is 417 g/mol. The second kappa shape index (κ2) is 8.17. The van der Waals surface area contributed by atoms with E-state index in [1.165, 1.54) is 15.9 Å². The molecule has 0 amide bonds. The number of aryl methyl sites for hydroxylation is 1. The van der Waals surface area contributed by atoms with Gasteiger partial charge in [-0.05, 0) is 25.6 Å². The lowest BCUT2D eigenvalue weighted by molar-refractivity contribution is 0.112. The van der Waals surface area contributed by atoms with Crippen LogP contribution in [0.2, 0.25) is 0 Å². The maximum atomic E-state index is 11.0. The van der Waals surface area contributed by atoms with Gasteiger partial charge in [0.05, 0.1) is 25.1 Å². The average molecular weight is 418 g/mol. The number of methoxy groups -OCH3 is 2. The lowest BCUT2D eigenvalue weighted by atomic mass is 10.0. The third-order valence-electron chi connectivity index (χ3n) is 5.51. The first kappa shape index (κ1) is 19.9. The molecule has 156 valence electrons. The summed E-state index contributed by atoms with van der Waals surface area (Å²) in [6, 6.07) is 5.70. The van der Waals surface area contributed by atoms with Crippen molar-refractivity contribution in [2.75, 3.05) is 46.9 Å². The van der Waals surface area contributed by atoms with Crippen molar-refractivity contribution in [2.24, 2.45) is 0 Å². The van der Waals surface area contributed by atoms with Gasteiger partial charge in [0.2, 0.25) is 10.8 Å². The minimum absolute atomic E-state index is 0.145. The normalized spacial score (nSPS) is 17.0. The maximum Gasteiger partial charge on any atom is 0.230 e. The molecule has 1 N–H and O–H groups in total. The van der Waals surface area contributed by atoms with E-state index in [0.717, 1.165) is 54.7 Å². The van der Waals surface area contributed by atoms with E-state index in [9.17, 15) is 5.11 Å². The highest BCUT2D eigenvalue weighted by Gasteiger charge is 2.33. The first-order valence-corrected chi connectivity index (χ1v) is 10.6. The lowest BCUT2D eigenvalue weighted by Gasteiger charge is -2.39. The Labute approximate surface area is 174 Å². The van der Waals surface area contributed by atoms with E-state index >= 15 is 0 Å². The fourth-order valence-electron chi connectivity index (χ4n) is 3.91. The number of ether oxygens (including phenoxy) is 2. The van der Waals surface area contributed by atoms with Gasteiger partial charge in [-0.1, -0.05) is 18.3 Å². The van der Waals surface area contributed by atoms with Crippen LogP contribution in [0.3, 0.4) is 0 Å². The van der Waals surface area contributed by atoms with Crippen LogP contribution in [0, 0.1) is 6.92 Å². The highest BCUT2D eigenvalue weighted by molar-refractivity contribution is 7.17. The molecule has 8 nitrogen and oxygen atoms in total. The van der Waals surface area contributed by atoms with Gasteiger partial charge in [0, 0.05) is 37.8 Å². The number of thiazole rings is 1. The second-order valence-electron chi connectivity index (χ2n) is 7.12. The van der Waals surface area contributed by atoms with E-state index in [0.29, 0.717) is 10.8 Å². The molecule has 1 fully saturated rings. The van der Waals surface area contributed by atoms with Crippen molar-refractivity contribution in [3.05, 3.63) is 34.5 Å². The third kappa shape index (κ3) is 3.65. The summed E-state index contributed by atoms with van der Waals surface area (Å²) < 4.78 is 12.6. The van der Waals surface area contributed by atoms with E-state index in [1.807, 2.05) is 25.1 Å². The molecule has 1 aliphatic heterocycles. The van der Waals surface area contributed by atoms with Gasteiger partial charge in [-0.2, -0.15) is 4.52 Å². The van der Waals surface area contributed by atoms with Gasteiger partial charge < -0.3 is 19.5 Å². The van der Waals surface area contributed by atoms with Gasteiger partial charge in [0.25, 0.3) is 0 Å². The molecule has 3 heterocycles. The molecule has 1 aromatic carbocycles. The Morgan fingerprint density at radius 2 is 1.93 bits per heavy atom. The highest BCUT2D eigenvalue weighted by Crippen LogP contribution is 2.43. The summed E-state index contributed by atoms with van der Waals surface area (Å²) in [5.74, 6) is 2.27. The van der Waals surface area contributed by atoms with Crippen molar-refractivity contribution < 1.29 is 14.6 Å². The first-order chi connectivity index (χ1) is 14.0. The van der Waals surface area contributed by atoms with Crippen LogP contribution >= 0.6 is 11.3 Å². The number of benzene rings is 1. The van der Waals surface area contributed by atoms with Gasteiger partial charge in [0.1, 0.15) is 17.3 Å². The first-order valence-electron chi connectivity index (χ1n) is 9.79. The molecule has 0 radical (unpaired) electrons. The molecule has 1 aliphatic rings. The molecule has 9 heteroatoms. The number of aromatic hydroxyl groups is 1. The molecule has 0 saturated carbocycles. The summed E-state index contributed by atoms with van der Waals surface area (Å²) in [5.41, 5.74) is 0.995. The summed E-state index contributed by atoms with van der Waals surface area (Å²) in [6.45, 7) is 8.85. The SMILES string of the molecule is CCN1CCN([C@H](c2ccc(OC)cc2OC)c2sc3nc(C)nn3c2O)CC1. The summed E-state index contributed by atoms with van der Waals surface area (Å²) in [5, 5.41) is 15.3. The Hall–Kier alpha value is -2.36. The molecule has 4 rings (SSSR count). The van der Waals surface area contributed by atoms with Crippen LogP contribution in [0.4, 0.5) is 0 Å². The molecule has 1 atom stereocenters. The van der Waals surface area contributed by atoms with Crippen molar-refractivity contribution in [1.82, 2.24) is 24.4 Å². The Bertz CT molecular complexity index is 994. The van der Waals surface area contributed by atoms with E-state index in [-0.39, 0.29) is 11.9 Å². The van der Waals surface area contributed by atoms with Gasteiger partial charge in [0.15, 0.2) is 0 Å². The maximum absolute atomic E-state index is 11.0. The Balaban J connectivity index is 1.81. The zero-order chi connectivity index (χ0) is 20.5. The highest BCUT2D eigenvalue weighted by atomic mass is 32.1. The molecule has 29 heavy (non-hydrogen) atoms. The molecule has 3 aromatic rings. The van der Waals surface area contributed by atoms with E-state index in [4.69, 9.17) is 9.47 Å². The fourth-order valence-corrected chi connectivity index (χ4v) is 5.07. The van der Waals surface area contributed by atoms with Gasteiger partial charge in [-0.25, -0.2) is 4.98 Å². The van der Waals surface area contributed by atoms with Crippen molar-refractivity contribution in [1.29, 1.82) is 0 Å². The van der Waals surface area contributed by atoms with Crippen LogP contribution in [0.1, 0.15) is 29.2 Å². The predicted molar refractivity (Wildman–Crippen MR) is 112 cm³/mol. The summed E-state index contributed by atoms with van der Waals surface area (Å²) in [7, 11) is 3.31. The Morgan fingerprint density at radius 3 is 2.55 bits per heavy atom. The van der Waals surface area contributed by atoms with Crippen molar-refractivity contribution >= 4 is 16.3 Å². The van der Waals surface area contributed by atoms with E-state index < -0.39 is 0 Å². The van der Waals surface area contributed by atoms with Crippen LogP contribution < -0.4 is 9.47 Å². The number of aromatic nitrogens is 3. The van der Waals surface area contributed by atoms with E-state index in [1.54, 1.807) is 14.2 Å². The molecule has 0 bridgehead atoms. The van der Waals surface area contributed by atoms with Gasteiger partial charge in [-0.15, -0.1) is 5.10 Å². The lowest BCUT2D eigenvalue weighted by Crippen LogP contribution is -2.47. The number of hydrogen-bond donors (Lipinski definition) is 1. The quantitative estimate of drug-likeness (QED) is 0.661. The number of rotatable bonds is 6. The number of hydrogen-bond acceptors (Lipinski definition) is 8. The zero-order valence-corrected chi connectivity index (χ0v) is 18.1. The number of piperazine rings is 1. The van der Waals surface area contributed by atoms with Crippen LogP contribution in [-0.4, -0.2) is 76.4 Å². The van der Waals surface area contributed by atoms with Gasteiger partial charge in [-0.3, -0.25) is 4.90 Å². The smallest absolute Gasteiger partial charge is 0.230 e. The standard InChI is InChI=1S/C20H27N5O3S/c1-5-23-8-10-24(11-9-23)17(15-7-6-14(27-3)12-16(15)28-4)18-19(26)25-20(29-18)21-13(2)22-25/h6-7,12,17,26H,5,8-11H2,1-4H3/t17-/m1/s1. The Morgan fingerprint density at radius 1 is 1.17 bits per heavy atom. The zero-order valence-electron chi connectivity index (χ0n) is 17.3. The summed E-state index contributed by atoms with van der Waals surface area (Å²) in [4.78, 5) is 10.8. The van der Waals surface area contributed by atoms with E-state index in [2.05, 4.69) is 26.8 Å². The molecule has 0 aliphatic carbocycles. The van der Waals surface area contributed by atoms with Crippen molar-refractivity contribution in [3.63, 3.8) is 0 Å². The second-order valence-corrected chi connectivity index (χ2v) is 8.13. The van der Waals surface area contributed by atoms with Crippen LogP contribution in [0.25, 0.3) is 4.96 Å². The molecule has 2 aromatic heterocycles. The molecular weight excluding hydrogens is 390 g/mol. The van der Waals surface area contributed by atoms with Crippen LogP contribution in [0.15, 0.2) is 18.2 Å². The minimum Gasteiger partial charge on any atom is -0.497 e. The molecule has 0 unspecified atom stereocenters. The molecule has 0 spiro atoms. The minimum atomic E-state index is -0.149. The number of likely N-dealkylation sites (N-methyl/N-ethyl adjacent to an activating group) is 1. The Kier molecular flexibility index (Phi) is 5.62. The fraction of sp³-hybridized carbons (Fsp3) is 0.500. The molecule has 1 saturated heterocycles. The summed E-state index contributed by atoms with van der Waals surface area (Å²) in [6.07, 6.45) is 0. The third-order valence-corrected chi connectivity index (χ3v) is 6.58. The largest absolute Gasteiger partial charge is 0.497 e. The topological polar surface area (TPSA) is 75.4 Å². The number of fused-ring (bicyclic) bond motifs is 1. The van der Waals surface area contributed by atoms with Crippen molar-refractivity contribution in [2.45, 2.75) is 19.9 Å². The summed E-state index contributed by atoms with van der Waals surface area (Å²) >= 11 is 1.47. The van der Waals surface area contributed by atoms with Crippen LogP contribution in [0.5, 0.6) is 17.4 Å². The predicted octanol–water partition coefficient (Wildman–Crippen LogP) is 2.55. The average Bonchev–Trinajstić information content (AvgIpc) is 3.26. The van der Waals surface area contributed by atoms with Crippen molar-refractivity contribution in [3.8, 4) is 17.4 Å². The number of nitrogens with zero attached hydrogens (tertiary/aromatic N) is 5. The molecular formula is C20H27N5O3S.